The van der Waals surface area contributed by atoms with Crippen molar-refractivity contribution in [2.75, 3.05) is 31.1 Å². The van der Waals surface area contributed by atoms with Gasteiger partial charge < -0.3 is 53.4 Å². The van der Waals surface area contributed by atoms with Crippen molar-refractivity contribution in [3.8, 4) is 0 Å². The molecule has 0 aliphatic carbocycles. The monoisotopic (exact) mass is 1040 g/mol. The average molecular weight is 1040 g/mol. The number of likely N-dealkylation sites (tertiary alicyclic amines) is 1. The minimum Gasteiger partial charge on any atom is -0.376 e. The predicted molar refractivity (Wildman–Crippen MR) is 277 cm³/mol. The Labute approximate surface area is 431 Å². The Kier molecular flexibility index (Phi) is 24.2. The van der Waals surface area contributed by atoms with Crippen LogP contribution in [0.2, 0.25) is 5.02 Å². The second-order valence-electron chi connectivity index (χ2n) is 19.1. The van der Waals surface area contributed by atoms with Crippen molar-refractivity contribution in [1.82, 2.24) is 42.1 Å². The van der Waals surface area contributed by atoms with E-state index in [2.05, 4.69) is 42.2 Å². The molecule has 0 spiro atoms. The van der Waals surface area contributed by atoms with Gasteiger partial charge in [-0.15, -0.1) is 0 Å². The fourth-order valence-electron chi connectivity index (χ4n) is 8.32. The molecule has 22 heteroatoms. The van der Waals surface area contributed by atoms with Crippen LogP contribution in [-0.4, -0.2) is 143 Å². The van der Waals surface area contributed by atoms with Crippen molar-refractivity contribution in [3.63, 3.8) is 0 Å². The number of halogens is 1. The van der Waals surface area contributed by atoms with Gasteiger partial charge in [-0.1, -0.05) is 81.8 Å². The second kappa shape index (κ2) is 29.7. The predicted octanol–water partition coefficient (Wildman–Crippen LogP) is 0.805. The second-order valence-corrected chi connectivity index (χ2v) is 20.8. The van der Waals surface area contributed by atoms with Gasteiger partial charge in [-0.25, -0.2) is 0 Å². The highest BCUT2D eigenvalue weighted by Crippen LogP contribution is 2.22. The van der Waals surface area contributed by atoms with Crippen LogP contribution < -0.4 is 48.7 Å². The highest BCUT2D eigenvalue weighted by Gasteiger charge is 2.40. The third-order valence-corrected chi connectivity index (χ3v) is 13.4. The van der Waals surface area contributed by atoms with Crippen molar-refractivity contribution in [3.05, 3.63) is 70.7 Å². The van der Waals surface area contributed by atoms with Gasteiger partial charge in [-0.05, 0) is 86.3 Å². The van der Waals surface area contributed by atoms with E-state index in [9.17, 15) is 43.5 Å². The number of nitrogens with one attached hydrogen (secondary N) is 7. The highest BCUT2D eigenvalue weighted by molar-refractivity contribution is 7.99. The number of rotatable bonds is 17. The number of aliphatic imine (C=N–C) groups is 1. The molecule has 0 saturated carbocycles. The summed E-state index contributed by atoms with van der Waals surface area (Å²) >= 11 is 7.47. The van der Waals surface area contributed by atoms with Gasteiger partial charge in [0.2, 0.25) is 41.4 Å². The normalized spacial score (nSPS) is 23.5. The van der Waals surface area contributed by atoms with E-state index in [-0.39, 0.29) is 75.0 Å². The zero-order chi connectivity index (χ0) is 52.9. The molecule has 72 heavy (non-hydrogen) atoms. The van der Waals surface area contributed by atoms with Crippen LogP contribution in [0.4, 0.5) is 0 Å². The average Bonchev–Trinajstić information content (AvgIpc) is 3.83. The molecule has 2 aromatic carbocycles. The molecule has 20 nitrogen and oxygen atoms in total. The lowest BCUT2D eigenvalue weighted by Gasteiger charge is -2.33. The largest absolute Gasteiger partial charge is 0.376 e. The molecule has 0 radical (unpaired) electrons. The smallest absolute Gasteiger partial charge is 0.245 e. The van der Waals surface area contributed by atoms with Crippen LogP contribution in [0.15, 0.2) is 59.6 Å². The number of ketones is 1. The van der Waals surface area contributed by atoms with Crippen molar-refractivity contribution in [2.24, 2.45) is 28.3 Å². The zero-order valence-corrected chi connectivity index (χ0v) is 43.5. The molecule has 7 amide bonds. The minimum absolute atomic E-state index is 0.0211. The molecule has 2 heterocycles. The maximum atomic E-state index is 14.7. The highest BCUT2D eigenvalue weighted by atomic mass is 35.5. The molecule has 396 valence electrons. The Morgan fingerprint density at radius 3 is 2.19 bits per heavy atom. The van der Waals surface area contributed by atoms with Gasteiger partial charge in [0.15, 0.2) is 5.96 Å². The van der Waals surface area contributed by atoms with Gasteiger partial charge in [0.05, 0.1) is 12.1 Å². The van der Waals surface area contributed by atoms with Crippen molar-refractivity contribution >= 4 is 76.5 Å². The molecule has 12 N–H and O–H groups in total. The summed E-state index contributed by atoms with van der Waals surface area (Å²) in [5.41, 5.74) is 12.4. The number of hydrogen-bond acceptors (Lipinski definition) is 12. The van der Waals surface area contributed by atoms with Crippen LogP contribution >= 0.6 is 23.4 Å². The number of carbonyl (C=O) groups excluding carboxylic acids is 8. The topological polar surface area (TPSA) is 309 Å². The first-order valence-corrected chi connectivity index (χ1v) is 26.2. The van der Waals surface area contributed by atoms with E-state index in [1.807, 2.05) is 44.2 Å². The lowest BCUT2D eigenvalue weighted by Crippen LogP contribution is -2.62. The number of nitrogens with two attached hydrogens (primary N) is 2. The maximum absolute atomic E-state index is 14.7. The molecule has 2 fully saturated rings. The minimum atomic E-state index is -1.55. The zero-order valence-electron chi connectivity index (χ0n) is 41.9. The van der Waals surface area contributed by atoms with Crippen LogP contribution in [0, 0.1) is 11.8 Å². The Morgan fingerprint density at radius 2 is 1.54 bits per heavy atom. The van der Waals surface area contributed by atoms with E-state index < -0.39 is 108 Å². The summed E-state index contributed by atoms with van der Waals surface area (Å²) in [5, 5.41) is 32.2. The number of amides is 7. The molecule has 0 bridgehead atoms. The fraction of sp³-hybridized carbons (Fsp3) is 0.580. The first-order valence-electron chi connectivity index (χ1n) is 24.7. The number of hydrogen-bond donors (Lipinski definition) is 10. The quantitative estimate of drug-likeness (QED) is 0.0597. The molecule has 2 aromatic rings. The molecule has 2 unspecified atom stereocenters. The molecular weight excluding hydrogens is 966 g/mol. The first kappa shape index (κ1) is 58.8. The number of carbonyl (C=O) groups is 8. The molecule has 0 aromatic heterocycles. The molecule has 8 atom stereocenters. The Hall–Kier alpha value is -5.77. The number of benzene rings is 2. The Morgan fingerprint density at radius 1 is 0.861 bits per heavy atom. The number of aliphatic hydroxyl groups excluding tert-OH is 1. The lowest BCUT2D eigenvalue weighted by atomic mass is 9.99. The molecule has 2 aliphatic heterocycles. The van der Waals surface area contributed by atoms with E-state index in [0.717, 1.165) is 5.56 Å². The van der Waals surface area contributed by atoms with Crippen molar-refractivity contribution in [2.45, 2.75) is 141 Å². The number of thioether (sulfide) groups is 1. The molecule has 2 saturated heterocycles. The van der Waals surface area contributed by atoms with E-state index in [4.69, 9.17) is 23.1 Å². The third kappa shape index (κ3) is 19.7. The summed E-state index contributed by atoms with van der Waals surface area (Å²) in [6.45, 7) is 9.32. The van der Waals surface area contributed by atoms with Crippen molar-refractivity contribution in [1.29, 1.82) is 0 Å². The van der Waals surface area contributed by atoms with Gasteiger partial charge >= 0.3 is 0 Å². The lowest BCUT2D eigenvalue weighted by molar-refractivity contribution is -0.142. The van der Waals surface area contributed by atoms with Crippen LogP contribution in [0.3, 0.4) is 0 Å². The Balaban J connectivity index is 1.66. The van der Waals surface area contributed by atoms with Crippen LogP contribution in [-0.2, 0) is 51.2 Å². The summed E-state index contributed by atoms with van der Waals surface area (Å²) < 4.78 is 0. The summed E-state index contributed by atoms with van der Waals surface area (Å²) in [5.74, 6) is -4.55. The first-order chi connectivity index (χ1) is 34.2. The molecule has 2 aliphatic rings. The van der Waals surface area contributed by atoms with Gasteiger partial charge in [0.25, 0.3) is 0 Å². The molecular formula is C50H74ClN11O9S. The van der Waals surface area contributed by atoms with E-state index in [1.165, 1.54) is 23.6 Å². The van der Waals surface area contributed by atoms with Crippen LogP contribution in [0.5, 0.6) is 0 Å². The molecule has 4 rings (SSSR count). The van der Waals surface area contributed by atoms with Gasteiger partial charge in [0, 0.05) is 49.7 Å². The van der Waals surface area contributed by atoms with Crippen molar-refractivity contribution < 1.29 is 43.5 Å². The van der Waals surface area contributed by atoms with Crippen LogP contribution in [0.1, 0.15) is 90.7 Å². The summed E-state index contributed by atoms with van der Waals surface area (Å²) in [7, 11) is 0. The third-order valence-electron chi connectivity index (χ3n) is 12.2. The van der Waals surface area contributed by atoms with Gasteiger partial charge in [0.1, 0.15) is 42.2 Å². The summed E-state index contributed by atoms with van der Waals surface area (Å²) in [6.07, 6.45) is -0.470. The number of Topliss-reactive ketones (excluding diaryl/α,β-unsaturated/α-hetero) is 1. The van der Waals surface area contributed by atoms with Crippen LogP contribution in [0.25, 0.3) is 0 Å². The Bertz CT molecular complexity index is 2180. The van der Waals surface area contributed by atoms with Gasteiger partial charge in [-0.2, -0.15) is 11.8 Å². The number of guanidine groups is 1. The fourth-order valence-corrected chi connectivity index (χ4v) is 9.39. The SMILES string of the molecule is CC(=O)C[C@@H]1NC(=O)[C@H](C(C)C)NC(O)[C@H](Cc2ccccc2)NC(=O)[C@H](Cc2ccc(Cl)cc2)NC(=O)CCSCC[C@@H](C(=O)N2CCC[C@H]2C(=O)NC(CCCN=C(N)N)C(=O)NCC(C)C)NC1=O. The van der Waals surface area contributed by atoms with Gasteiger partial charge in [-0.3, -0.25) is 48.7 Å². The maximum Gasteiger partial charge on any atom is 0.245 e. The number of aliphatic hydroxyl groups is 1. The summed E-state index contributed by atoms with van der Waals surface area (Å²) in [6, 6.07) is 7.96. The van der Waals surface area contributed by atoms with E-state index in [0.29, 0.717) is 30.0 Å². The van der Waals surface area contributed by atoms with E-state index in [1.54, 1.807) is 38.1 Å². The standard InChI is InChI=1S/C50H74ClN11O9S/c1-29(2)28-55-43(65)35(13-9-21-54-50(52)53)57-47(69)40-14-10-22-62(40)49(71)36-19-23-72-24-20-41(64)56-38(27-33-15-17-34(51)18-16-33)45(67)59-39(26-32-11-7-6-8-12-32)46(68)61-42(30(3)4)48(70)60-37(25-31(5)63)44(66)58-36/h6-8,11-12,15-18,29-30,35-40,42,46,61,68H,9-10,13-14,19-28H2,1-5H3,(H,55,65)(H,56,64)(H,57,69)(H,58,66)(H,59,67)(H,60,70)(H4,52,53,54)/t35?,36-,37-,38-,39-,40-,42-,46?/m0/s1. The summed E-state index contributed by atoms with van der Waals surface area (Å²) in [4.78, 5) is 116. The van der Waals surface area contributed by atoms with E-state index >= 15 is 0 Å². The number of nitrogens with zero attached hydrogens (tertiary/aromatic N) is 2.